The Bertz CT molecular complexity index is 123. The quantitative estimate of drug-likeness (QED) is 0.390. The van der Waals surface area contributed by atoms with Crippen LogP contribution in [0.5, 0.6) is 0 Å². The van der Waals surface area contributed by atoms with Crippen molar-refractivity contribution in [1.82, 2.24) is 10.9 Å². The molecular formula is C3H6N2O4. The fourth-order valence-corrected chi connectivity index (χ4v) is 0.156. The van der Waals surface area contributed by atoms with Gasteiger partial charge in [-0.25, -0.2) is 20.4 Å². The number of methoxy groups -OCH3 is 1. The first kappa shape index (κ1) is 7.54. The lowest BCUT2D eigenvalue weighted by atomic mass is 11.1. The second-order valence-electron chi connectivity index (χ2n) is 1.05. The minimum atomic E-state index is -1.35. The van der Waals surface area contributed by atoms with E-state index in [0.29, 0.717) is 0 Å². The Hall–Kier alpha value is -1.46. The van der Waals surface area contributed by atoms with Crippen LogP contribution < -0.4 is 10.9 Å². The van der Waals surface area contributed by atoms with Gasteiger partial charge in [0.15, 0.2) is 0 Å². The molecule has 0 saturated carbocycles. The fraction of sp³-hybridized carbons (Fsp3) is 0.333. The first-order valence-corrected chi connectivity index (χ1v) is 1.99. The molecule has 6 nitrogen and oxygen atoms in total. The Morgan fingerprint density at radius 3 is 2.33 bits per heavy atom. The largest absolute Gasteiger partial charge is 0.464 e. The summed E-state index contributed by atoms with van der Waals surface area (Å²) in [4.78, 5) is 19.7. The first-order valence-electron chi connectivity index (χ1n) is 1.99. The zero-order valence-corrected chi connectivity index (χ0v) is 4.67. The van der Waals surface area contributed by atoms with Gasteiger partial charge in [-0.2, -0.15) is 0 Å². The van der Waals surface area contributed by atoms with Crippen molar-refractivity contribution < 1.29 is 19.4 Å². The van der Waals surface area contributed by atoms with Crippen molar-refractivity contribution in [3.63, 3.8) is 0 Å². The highest BCUT2D eigenvalue weighted by molar-refractivity contribution is 5.72. The molecule has 0 aromatic carbocycles. The van der Waals surface area contributed by atoms with E-state index in [-0.39, 0.29) is 0 Å². The molecule has 0 fully saturated rings. The Labute approximate surface area is 50.8 Å². The molecule has 0 atom stereocenters. The van der Waals surface area contributed by atoms with E-state index in [1.807, 2.05) is 0 Å². The van der Waals surface area contributed by atoms with Gasteiger partial charge >= 0.3 is 12.2 Å². The standard InChI is InChI=1S/C3H6N2O4/c1-9-3(8)5-4-2(6)7/h4H,1H3,(H,5,8)(H,6,7). The number of hydrogen-bond acceptors (Lipinski definition) is 3. The summed E-state index contributed by atoms with van der Waals surface area (Å²) in [6, 6.07) is 0. The van der Waals surface area contributed by atoms with Crippen LogP contribution in [0.1, 0.15) is 0 Å². The molecule has 3 N–H and O–H groups in total. The van der Waals surface area contributed by atoms with Crippen molar-refractivity contribution in [2.75, 3.05) is 7.11 Å². The third-order valence-electron chi connectivity index (χ3n) is 0.457. The van der Waals surface area contributed by atoms with Crippen molar-refractivity contribution in [2.24, 2.45) is 0 Å². The van der Waals surface area contributed by atoms with Crippen molar-refractivity contribution >= 4 is 12.2 Å². The van der Waals surface area contributed by atoms with Crippen molar-refractivity contribution in [1.29, 1.82) is 0 Å². The van der Waals surface area contributed by atoms with Crippen LogP contribution in [0.2, 0.25) is 0 Å². The number of rotatable bonds is 0. The number of ether oxygens (including phenoxy) is 1. The number of carbonyl (C=O) groups is 2. The lowest BCUT2D eigenvalue weighted by Gasteiger charge is -1.99. The molecule has 0 aromatic rings. The highest BCUT2D eigenvalue weighted by Crippen LogP contribution is 1.64. The fourth-order valence-electron chi connectivity index (χ4n) is 0.156. The number of carboxylic acid groups (broad SMARTS) is 1. The topological polar surface area (TPSA) is 87.7 Å². The van der Waals surface area contributed by atoms with Crippen LogP contribution in [0.4, 0.5) is 9.59 Å². The van der Waals surface area contributed by atoms with Gasteiger partial charge in [-0.3, -0.25) is 0 Å². The molecule has 0 saturated heterocycles. The molecule has 0 heterocycles. The molecule has 0 bridgehead atoms. The molecule has 52 valence electrons. The second kappa shape index (κ2) is 3.53. The average molecular weight is 134 g/mol. The molecule has 0 aliphatic heterocycles. The van der Waals surface area contributed by atoms with E-state index < -0.39 is 12.2 Å². The number of amides is 2. The average Bonchev–Trinajstić information content (AvgIpc) is 1.83. The molecule has 0 unspecified atom stereocenters. The van der Waals surface area contributed by atoms with Gasteiger partial charge in [-0.15, -0.1) is 0 Å². The molecule has 0 spiro atoms. The molecule has 2 amide bonds. The summed E-state index contributed by atoms with van der Waals surface area (Å²) in [6.45, 7) is 0. The maximum Gasteiger partial charge on any atom is 0.425 e. The van der Waals surface area contributed by atoms with E-state index in [0.717, 1.165) is 7.11 Å². The van der Waals surface area contributed by atoms with Crippen LogP contribution in [0.25, 0.3) is 0 Å². The summed E-state index contributed by atoms with van der Waals surface area (Å²) in [5, 5.41) is 7.88. The van der Waals surface area contributed by atoms with Gasteiger partial charge in [0.25, 0.3) is 0 Å². The Kier molecular flexibility index (Phi) is 2.96. The van der Waals surface area contributed by atoms with E-state index in [1.54, 1.807) is 10.9 Å². The number of nitrogens with one attached hydrogen (secondary N) is 2. The van der Waals surface area contributed by atoms with E-state index in [4.69, 9.17) is 5.11 Å². The lowest BCUT2D eigenvalue weighted by molar-refractivity contribution is 0.157. The van der Waals surface area contributed by atoms with Gasteiger partial charge in [0, 0.05) is 0 Å². The minimum Gasteiger partial charge on any atom is -0.464 e. The predicted molar refractivity (Wildman–Crippen MR) is 26.7 cm³/mol. The highest BCUT2D eigenvalue weighted by atomic mass is 16.5. The van der Waals surface area contributed by atoms with Gasteiger partial charge < -0.3 is 9.84 Å². The SMILES string of the molecule is COC(=O)NNC(=O)O. The number of carbonyl (C=O) groups excluding carboxylic acids is 1. The number of hydrogen-bond donors (Lipinski definition) is 3. The third-order valence-corrected chi connectivity index (χ3v) is 0.457. The maximum atomic E-state index is 10.1. The molecular weight excluding hydrogens is 128 g/mol. The lowest BCUT2D eigenvalue weighted by Crippen LogP contribution is -2.40. The van der Waals surface area contributed by atoms with Crippen LogP contribution in [0.15, 0.2) is 0 Å². The minimum absolute atomic E-state index is 0.850. The Morgan fingerprint density at radius 2 is 2.00 bits per heavy atom. The van der Waals surface area contributed by atoms with Crippen LogP contribution in [-0.2, 0) is 4.74 Å². The summed E-state index contributed by atoms with van der Waals surface area (Å²) < 4.78 is 4.02. The van der Waals surface area contributed by atoms with E-state index in [2.05, 4.69) is 4.74 Å². The van der Waals surface area contributed by atoms with Crippen LogP contribution in [-0.4, -0.2) is 24.4 Å². The zero-order valence-electron chi connectivity index (χ0n) is 4.67. The molecule has 6 heteroatoms. The summed E-state index contributed by atoms with van der Waals surface area (Å²) in [5.74, 6) is 0. The van der Waals surface area contributed by atoms with Crippen LogP contribution in [0.3, 0.4) is 0 Å². The Morgan fingerprint density at radius 1 is 1.44 bits per heavy atom. The van der Waals surface area contributed by atoms with Gasteiger partial charge in [-0.1, -0.05) is 0 Å². The van der Waals surface area contributed by atoms with E-state index >= 15 is 0 Å². The van der Waals surface area contributed by atoms with Crippen molar-refractivity contribution in [3.05, 3.63) is 0 Å². The smallest absolute Gasteiger partial charge is 0.425 e. The van der Waals surface area contributed by atoms with Crippen LogP contribution in [0, 0.1) is 0 Å². The molecule has 0 aliphatic carbocycles. The van der Waals surface area contributed by atoms with Crippen molar-refractivity contribution in [3.8, 4) is 0 Å². The predicted octanol–water partition coefficient (Wildman–Crippen LogP) is -0.475. The summed E-state index contributed by atoms with van der Waals surface area (Å²) in [5.41, 5.74) is 3.31. The van der Waals surface area contributed by atoms with Gasteiger partial charge in [0.05, 0.1) is 7.11 Å². The summed E-state index contributed by atoms with van der Waals surface area (Å²) in [6.07, 6.45) is -2.20. The van der Waals surface area contributed by atoms with Crippen molar-refractivity contribution in [2.45, 2.75) is 0 Å². The summed E-state index contributed by atoms with van der Waals surface area (Å²) in [7, 11) is 1.12. The monoisotopic (exact) mass is 134 g/mol. The summed E-state index contributed by atoms with van der Waals surface area (Å²) >= 11 is 0. The highest BCUT2D eigenvalue weighted by Gasteiger charge is 1.97. The van der Waals surface area contributed by atoms with Gasteiger partial charge in [0.2, 0.25) is 0 Å². The van der Waals surface area contributed by atoms with Crippen LogP contribution >= 0.6 is 0 Å². The van der Waals surface area contributed by atoms with Gasteiger partial charge in [-0.05, 0) is 0 Å². The molecule has 0 rings (SSSR count). The molecule has 9 heavy (non-hydrogen) atoms. The maximum absolute atomic E-state index is 10.1. The molecule has 0 aliphatic rings. The first-order chi connectivity index (χ1) is 4.16. The zero-order chi connectivity index (χ0) is 7.28. The van der Waals surface area contributed by atoms with E-state index in [1.165, 1.54) is 0 Å². The second-order valence-corrected chi connectivity index (χ2v) is 1.05. The van der Waals surface area contributed by atoms with Gasteiger partial charge in [0.1, 0.15) is 0 Å². The third kappa shape index (κ3) is 4.39. The molecule has 0 aromatic heterocycles. The molecule has 0 radical (unpaired) electrons. The van der Waals surface area contributed by atoms with E-state index in [9.17, 15) is 9.59 Å². The normalized spacial score (nSPS) is 7.67. The Balaban J connectivity index is 3.28. The number of hydrazine groups is 1.